The summed E-state index contributed by atoms with van der Waals surface area (Å²) in [5.74, 6) is -0.820. The van der Waals surface area contributed by atoms with E-state index in [1.807, 2.05) is 25.3 Å². The maximum Gasteiger partial charge on any atom is 0.252 e. The van der Waals surface area contributed by atoms with Crippen LogP contribution in [-0.2, 0) is 4.79 Å². The Hall–Kier alpha value is -1.49. The minimum Gasteiger partial charge on any atom is -0.368 e. The van der Waals surface area contributed by atoms with Gasteiger partial charge >= 0.3 is 0 Å². The molecule has 0 aliphatic rings. The fourth-order valence-corrected chi connectivity index (χ4v) is 1.68. The van der Waals surface area contributed by atoms with Gasteiger partial charge in [0.25, 0.3) is 5.91 Å². The molecule has 0 atom stereocenters. The summed E-state index contributed by atoms with van der Waals surface area (Å²) in [6.07, 6.45) is 1.94. The molecule has 0 unspecified atom stereocenters. The van der Waals surface area contributed by atoms with Gasteiger partial charge in [-0.15, -0.1) is 11.8 Å². The summed E-state index contributed by atoms with van der Waals surface area (Å²) >= 11 is 1.56. The van der Waals surface area contributed by atoms with Gasteiger partial charge < -0.3 is 11.1 Å². The van der Waals surface area contributed by atoms with Crippen molar-refractivity contribution in [3.63, 3.8) is 0 Å². The van der Waals surface area contributed by atoms with E-state index in [1.54, 1.807) is 17.8 Å². The van der Waals surface area contributed by atoms with E-state index >= 15 is 0 Å². The Morgan fingerprint density at radius 2 is 2.12 bits per heavy atom. The Bertz CT molecular complexity index is 418. The van der Waals surface area contributed by atoms with Crippen LogP contribution >= 0.6 is 11.8 Å². The summed E-state index contributed by atoms with van der Waals surface area (Å²) in [6, 6.07) is 5.63. The lowest BCUT2D eigenvalue weighted by Crippen LogP contribution is -2.33. The number of hydrogen-bond donors (Lipinski definition) is 2. The van der Waals surface area contributed by atoms with Crippen LogP contribution in [0.15, 0.2) is 23.1 Å². The highest BCUT2D eigenvalue weighted by atomic mass is 32.2. The van der Waals surface area contributed by atoms with Crippen molar-refractivity contribution >= 4 is 23.6 Å². The molecule has 0 bridgehead atoms. The van der Waals surface area contributed by atoms with E-state index < -0.39 is 5.91 Å². The molecule has 2 amide bonds. The molecule has 16 heavy (non-hydrogen) atoms. The van der Waals surface area contributed by atoms with Crippen molar-refractivity contribution in [1.29, 1.82) is 0 Å². The van der Waals surface area contributed by atoms with Crippen LogP contribution in [0.25, 0.3) is 0 Å². The Balaban J connectivity index is 2.85. The number of nitrogens with two attached hydrogens (primary N) is 1. The first-order valence-corrected chi connectivity index (χ1v) is 5.98. The lowest BCUT2D eigenvalue weighted by molar-refractivity contribution is -0.117. The van der Waals surface area contributed by atoms with E-state index in [-0.39, 0.29) is 12.5 Å². The highest BCUT2D eigenvalue weighted by Gasteiger charge is 2.10. The van der Waals surface area contributed by atoms with Crippen LogP contribution in [0.2, 0.25) is 0 Å². The van der Waals surface area contributed by atoms with Gasteiger partial charge in [0.2, 0.25) is 5.91 Å². The molecule has 0 saturated carbocycles. The van der Waals surface area contributed by atoms with Crippen molar-refractivity contribution in [2.75, 3.05) is 12.8 Å². The molecular weight excluding hydrogens is 224 g/mol. The van der Waals surface area contributed by atoms with Crippen LogP contribution in [0.5, 0.6) is 0 Å². The maximum atomic E-state index is 11.7. The first kappa shape index (κ1) is 12.6. The van der Waals surface area contributed by atoms with Crippen molar-refractivity contribution < 1.29 is 9.59 Å². The molecule has 1 aromatic rings. The summed E-state index contributed by atoms with van der Waals surface area (Å²) in [7, 11) is 0. The molecule has 0 aliphatic carbocycles. The van der Waals surface area contributed by atoms with Gasteiger partial charge in [0, 0.05) is 10.5 Å². The van der Waals surface area contributed by atoms with Gasteiger partial charge in [-0.05, 0) is 30.9 Å². The molecule has 86 valence electrons. The average Bonchev–Trinajstić information content (AvgIpc) is 2.26. The van der Waals surface area contributed by atoms with E-state index in [1.165, 1.54) is 0 Å². The second-order valence-corrected chi connectivity index (χ2v) is 4.21. The van der Waals surface area contributed by atoms with Gasteiger partial charge in [-0.3, -0.25) is 9.59 Å². The van der Waals surface area contributed by atoms with Crippen LogP contribution in [0, 0.1) is 6.92 Å². The Labute approximate surface area is 98.6 Å². The Morgan fingerprint density at radius 3 is 2.69 bits per heavy atom. The van der Waals surface area contributed by atoms with Gasteiger partial charge in [-0.2, -0.15) is 0 Å². The summed E-state index contributed by atoms with van der Waals surface area (Å²) in [5, 5.41) is 2.47. The van der Waals surface area contributed by atoms with Gasteiger partial charge in [0.05, 0.1) is 6.54 Å². The standard InChI is InChI=1S/C11H14N2O2S/c1-7-3-4-8(16-2)5-9(7)11(15)13-6-10(12)14/h3-5H,6H2,1-2H3,(H2,12,14)(H,13,15). The van der Waals surface area contributed by atoms with Gasteiger partial charge in [0.1, 0.15) is 0 Å². The first-order valence-electron chi connectivity index (χ1n) is 4.75. The van der Waals surface area contributed by atoms with Gasteiger partial charge in [0.15, 0.2) is 0 Å². The molecular formula is C11H14N2O2S. The third-order valence-electron chi connectivity index (χ3n) is 2.11. The number of primary amides is 1. The van der Waals surface area contributed by atoms with E-state index in [0.29, 0.717) is 5.56 Å². The van der Waals surface area contributed by atoms with Crippen LogP contribution in [0.4, 0.5) is 0 Å². The average molecular weight is 238 g/mol. The minimum atomic E-state index is -0.549. The van der Waals surface area contributed by atoms with Crippen LogP contribution in [-0.4, -0.2) is 24.6 Å². The lowest BCUT2D eigenvalue weighted by atomic mass is 10.1. The van der Waals surface area contributed by atoms with Crippen LogP contribution in [0.1, 0.15) is 15.9 Å². The second kappa shape index (κ2) is 5.55. The number of carbonyl (C=O) groups excluding carboxylic acids is 2. The fraction of sp³-hybridized carbons (Fsp3) is 0.273. The predicted molar refractivity (Wildman–Crippen MR) is 64.5 cm³/mol. The maximum absolute atomic E-state index is 11.7. The zero-order valence-electron chi connectivity index (χ0n) is 9.24. The number of thioether (sulfide) groups is 1. The normalized spacial score (nSPS) is 9.88. The lowest BCUT2D eigenvalue weighted by Gasteiger charge is -2.07. The highest BCUT2D eigenvalue weighted by molar-refractivity contribution is 7.98. The van der Waals surface area contributed by atoms with E-state index in [0.717, 1.165) is 10.5 Å². The number of carbonyl (C=O) groups is 2. The van der Waals surface area contributed by atoms with E-state index in [9.17, 15) is 9.59 Å². The zero-order valence-corrected chi connectivity index (χ0v) is 10.1. The SMILES string of the molecule is CSc1ccc(C)c(C(=O)NCC(N)=O)c1. The number of benzene rings is 1. The zero-order chi connectivity index (χ0) is 12.1. The summed E-state index contributed by atoms with van der Waals surface area (Å²) < 4.78 is 0. The second-order valence-electron chi connectivity index (χ2n) is 3.33. The number of hydrogen-bond acceptors (Lipinski definition) is 3. The monoisotopic (exact) mass is 238 g/mol. The summed E-state index contributed by atoms with van der Waals surface area (Å²) in [4.78, 5) is 23.3. The molecule has 0 fully saturated rings. The molecule has 5 heteroatoms. The Kier molecular flexibility index (Phi) is 4.37. The van der Waals surface area contributed by atoms with Gasteiger partial charge in [-0.1, -0.05) is 6.07 Å². The Morgan fingerprint density at radius 1 is 1.44 bits per heavy atom. The van der Waals surface area contributed by atoms with E-state index in [2.05, 4.69) is 5.32 Å². The van der Waals surface area contributed by atoms with Crippen LogP contribution < -0.4 is 11.1 Å². The van der Waals surface area contributed by atoms with Crippen molar-refractivity contribution in [2.24, 2.45) is 5.73 Å². The third-order valence-corrected chi connectivity index (χ3v) is 2.84. The third kappa shape index (κ3) is 3.27. The van der Waals surface area contributed by atoms with Crippen molar-refractivity contribution in [3.8, 4) is 0 Å². The molecule has 4 nitrogen and oxygen atoms in total. The molecule has 1 aromatic carbocycles. The number of aryl methyl sites for hydroxylation is 1. The molecule has 0 heterocycles. The van der Waals surface area contributed by atoms with Crippen molar-refractivity contribution in [1.82, 2.24) is 5.32 Å². The molecule has 0 saturated heterocycles. The topological polar surface area (TPSA) is 72.2 Å². The first-order chi connectivity index (χ1) is 7.54. The van der Waals surface area contributed by atoms with Crippen LogP contribution in [0.3, 0.4) is 0 Å². The van der Waals surface area contributed by atoms with Crippen molar-refractivity contribution in [2.45, 2.75) is 11.8 Å². The molecule has 0 spiro atoms. The van der Waals surface area contributed by atoms with Crippen molar-refractivity contribution in [3.05, 3.63) is 29.3 Å². The molecule has 0 aliphatic heterocycles. The quantitative estimate of drug-likeness (QED) is 0.766. The molecule has 0 aromatic heterocycles. The predicted octanol–water partition coefficient (Wildman–Crippen LogP) is 0.932. The van der Waals surface area contributed by atoms with E-state index in [4.69, 9.17) is 5.73 Å². The number of rotatable bonds is 4. The molecule has 3 N–H and O–H groups in total. The number of nitrogens with one attached hydrogen (secondary N) is 1. The molecule has 0 radical (unpaired) electrons. The summed E-state index contributed by atoms with van der Waals surface area (Å²) in [5.41, 5.74) is 6.41. The highest BCUT2D eigenvalue weighted by Crippen LogP contribution is 2.18. The minimum absolute atomic E-state index is 0.137. The summed E-state index contributed by atoms with van der Waals surface area (Å²) in [6.45, 7) is 1.71. The fourth-order valence-electron chi connectivity index (χ4n) is 1.24. The smallest absolute Gasteiger partial charge is 0.252 e. The molecule has 1 rings (SSSR count). The number of amides is 2. The van der Waals surface area contributed by atoms with Gasteiger partial charge in [-0.25, -0.2) is 0 Å². The largest absolute Gasteiger partial charge is 0.368 e.